The average Bonchev–Trinajstić information content (AvgIpc) is 3.44. The molecule has 2 heterocycles. The lowest BCUT2D eigenvalue weighted by Gasteiger charge is -2.14. The van der Waals surface area contributed by atoms with Gasteiger partial charge in [0.2, 0.25) is 5.82 Å². The second kappa shape index (κ2) is 8.34. The largest absolute Gasteiger partial charge is 0.486 e. The highest BCUT2D eigenvalue weighted by atomic mass is 19.1. The number of furan rings is 1. The molecule has 0 aliphatic heterocycles. The van der Waals surface area contributed by atoms with E-state index < -0.39 is 11.9 Å². The van der Waals surface area contributed by atoms with E-state index >= 15 is 0 Å². The third-order valence-electron chi connectivity index (χ3n) is 4.11. The minimum Gasteiger partial charge on any atom is -0.486 e. The number of aromatic nitrogens is 4. The zero-order chi connectivity index (χ0) is 20.1. The second-order valence-electron chi connectivity index (χ2n) is 6.10. The number of nitrogens with zero attached hydrogens (tertiary/aromatic N) is 3. The van der Waals surface area contributed by atoms with Crippen LogP contribution in [0, 0.1) is 5.82 Å². The van der Waals surface area contributed by atoms with Crippen LogP contribution in [0.25, 0.3) is 0 Å². The molecule has 9 heteroatoms. The topological polar surface area (TPSA) is 106 Å². The molecule has 2 aromatic heterocycles. The van der Waals surface area contributed by atoms with Crippen LogP contribution in [-0.4, -0.2) is 26.5 Å². The van der Waals surface area contributed by atoms with Crippen molar-refractivity contribution in [3.05, 3.63) is 95.5 Å². The van der Waals surface area contributed by atoms with Gasteiger partial charge in [-0.3, -0.25) is 4.79 Å². The molecule has 29 heavy (non-hydrogen) atoms. The van der Waals surface area contributed by atoms with Crippen LogP contribution in [0.15, 0.2) is 71.1 Å². The van der Waals surface area contributed by atoms with Gasteiger partial charge in [-0.25, -0.2) is 4.39 Å². The number of hydrogen-bond donors (Lipinski definition) is 2. The molecule has 1 unspecified atom stereocenters. The van der Waals surface area contributed by atoms with Crippen molar-refractivity contribution in [1.29, 1.82) is 0 Å². The van der Waals surface area contributed by atoms with Crippen molar-refractivity contribution in [3.63, 3.8) is 0 Å². The SMILES string of the molecule is O=C(NC(c1ccccc1)c1nn[nH]n1)c1ccc(COc2ccc(F)cc2)o1. The van der Waals surface area contributed by atoms with Gasteiger partial charge in [-0.05, 0) is 42.0 Å². The van der Waals surface area contributed by atoms with E-state index in [1.165, 1.54) is 24.3 Å². The van der Waals surface area contributed by atoms with Crippen molar-refractivity contribution in [2.24, 2.45) is 0 Å². The fraction of sp³-hybridized carbons (Fsp3) is 0.100. The standard InChI is InChI=1S/C20H16FN5O3/c21-14-6-8-15(9-7-14)28-12-16-10-11-17(29-16)20(27)22-18(19-23-25-26-24-19)13-4-2-1-3-5-13/h1-11,18H,12H2,(H,22,27)(H,23,24,25,26). The first-order valence-electron chi connectivity index (χ1n) is 8.75. The average molecular weight is 393 g/mol. The van der Waals surface area contributed by atoms with Gasteiger partial charge >= 0.3 is 0 Å². The van der Waals surface area contributed by atoms with Crippen molar-refractivity contribution >= 4 is 5.91 Å². The number of H-pyrrole nitrogens is 1. The van der Waals surface area contributed by atoms with Crippen molar-refractivity contribution in [2.45, 2.75) is 12.6 Å². The third-order valence-corrected chi connectivity index (χ3v) is 4.11. The van der Waals surface area contributed by atoms with Crippen LogP contribution < -0.4 is 10.1 Å². The first-order valence-corrected chi connectivity index (χ1v) is 8.75. The number of hydrogen-bond acceptors (Lipinski definition) is 6. The molecule has 0 spiro atoms. The van der Waals surface area contributed by atoms with Gasteiger partial charge in [0.05, 0.1) is 0 Å². The summed E-state index contributed by atoms with van der Waals surface area (Å²) < 4.78 is 24.0. The molecule has 8 nitrogen and oxygen atoms in total. The van der Waals surface area contributed by atoms with Gasteiger partial charge in [-0.1, -0.05) is 35.5 Å². The summed E-state index contributed by atoms with van der Waals surface area (Å²) in [5.74, 6) is 0.619. The van der Waals surface area contributed by atoms with E-state index in [1.54, 1.807) is 12.1 Å². The fourth-order valence-corrected chi connectivity index (χ4v) is 2.70. The minimum atomic E-state index is -0.591. The number of rotatable bonds is 7. The highest BCUT2D eigenvalue weighted by molar-refractivity contribution is 5.92. The van der Waals surface area contributed by atoms with Gasteiger partial charge in [0.15, 0.2) is 5.76 Å². The normalized spacial score (nSPS) is 11.8. The number of nitrogens with one attached hydrogen (secondary N) is 2. The van der Waals surface area contributed by atoms with E-state index in [0.717, 1.165) is 5.56 Å². The van der Waals surface area contributed by atoms with Crippen LogP contribution in [0.4, 0.5) is 4.39 Å². The summed E-state index contributed by atoms with van der Waals surface area (Å²) in [4.78, 5) is 12.7. The number of aromatic amines is 1. The smallest absolute Gasteiger partial charge is 0.287 e. The van der Waals surface area contributed by atoms with Crippen LogP contribution in [0.1, 0.15) is 33.7 Å². The Balaban J connectivity index is 1.44. The van der Waals surface area contributed by atoms with E-state index in [2.05, 4.69) is 25.9 Å². The molecule has 0 aliphatic carbocycles. The molecule has 0 aliphatic rings. The number of carbonyl (C=O) groups is 1. The predicted molar refractivity (Wildman–Crippen MR) is 99.4 cm³/mol. The Morgan fingerprint density at radius 2 is 1.90 bits per heavy atom. The first kappa shape index (κ1) is 18.4. The van der Waals surface area contributed by atoms with Crippen LogP contribution >= 0.6 is 0 Å². The third kappa shape index (κ3) is 4.46. The number of tetrazole rings is 1. The second-order valence-corrected chi connectivity index (χ2v) is 6.10. The summed E-state index contributed by atoms with van der Waals surface area (Å²) in [6.07, 6.45) is 0. The molecule has 2 N–H and O–H groups in total. The Hall–Kier alpha value is -4.01. The van der Waals surface area contributed by atoms with E-state index in [-0.39, 0.29) is 18.2 Å². The summed E-state index contributed by atoms with van der Waals surface area (Å²) in [6, 6.07) is 17.5. The van der Waals surface area contributed by atoms with E-state index in [0.29, 0.717) is 17.3 Å². The van der Waals surface area contributed by atoms with Crippen molar-refractivity contribution in [3.8, 4) is 5.75 Å². The van der Waals surface area contributed by atoms with Crippen molar-refractivity contribution < 1.29 is 18.3 Å². The molecule has 146 valence electrons. The molecule has 0 fully saturated rings. The number of ether oxygens (including phenoxy) is 1. The molecule has 4 aromatic rings. The monoisotopic (exact) mass is 393 g/mol. The lowest BCUT2D eigenvalue weighted by Crippen LogP contribution is -2.29. The van der Waals surface area contributed by atoms with Gasteiger partial charge in [-0.15, -0.1) is 10.2 Å². The van der Waals surface area contributed by atoms with Crippen LogP contribution in [0.2, 0.25) is 0 Å². The Morgan fingerprint density at radius 1 is 1.10 bits per heavy atom. The number of benzene rings is 2. The fourth-order valence-electron chi connectivity index (χ4n) is 2.70. The van der Waals surface area contributed by atoms with Gasteiger partial charge in [-0.2, -0.15) is 5.21 Å². The summed E-state index contributed by atoms with van der Waals surface area (Å²) in [5.41, 5.74) is 0.800. The van der Waals surface area contributed by atoms with Gasteiger partial charge in [0.25, 0.3) is 5.91 Å². The lowest BCUT2D eigenvalue weighted by molar-refractivity contribution is 0.0909. The highest BCUT2D eigenvalue weighted by Gasteiger charge is 2.23. The summed E-state index contributed by atoms with van der Waals surface area (Å²) >= 11 is 0. The lowest BCUT2D eigenvalue weighted by atomic mass is 10.1. The van der Waals surface area contributed by atoms with Gasteiger partial charge in [0.1, 0.15) is 30.0 Å². The molecule has 0 radical (unpaired) electrons. The Kier molecular flexibility index (Phi) is 5.28. The molecule has 0 saturated carbocycles. The molecular weight excluding hydrogens is 377 g/mol. The molecule has 2 aromatic carbocycles. The number of carbonyl (C=O) groups excluding carboxylic acids is 1. The summed E-state index contributed by atoms with van der Waals surface area (Å²) in [6.45, 7) is 0.103. The van der Waals surface area contributed by atoms with E-state index in [1.807, 2.05) is 30.3 Å². The molecule has 1 amide bonds. The van der Waals surface area contributed by atoms with Gasteiger partial charge < -0.3 is 14.5 Å². The zero-order valence-corrected chi connectivity index (χ0v) is 15.1. The molecule has 4 rings (SSSR count). The maximum absolute atomic E-state index is 12.9. The molecule has 0 bridgehead atoms. The number of amides is 1. The zero-order valence-electron chi connectivity index (χ0n) is 15.1. The Bertz CT molecular complexity index is 1070. The summed E-state index contributed by atoms with van der Waals surface area (Å²) in [7, 11) is 0. The Morgan fingerprint density at radius 3 is 2.62 bits per heavy atom. The van der Waals surface area contributed by atoms with Crippen LogP contribution in [0.5, 0.6) is 5.75 Å². The van der Waals surface area contributed by atoms with E-state index in [9.17, 15) is 9.18 Å². The summed E-state index contributed by atoms with van der Waals surface area (Å²) in [5, 5.41) is 16.7. The van der Waals surface area contributed by atoms with Crippen LogP contribution in [-0.2, 0) is 6.61 Å². The van der Waals surface area contributed by atoms with E-state index in [4.69, 9.17) is 9.15 Å². The van der Waals surface area contributed by atoms with Crippen molar-refractivity contribution in [2.75, 3.05) is 0 Å². The Labute approximate surface area is 164 Å². The van der Waals surface area contributed by atoms with Crippen LogP contribution in [0.3, 0.4) is 0 Å². The number of halogens is 1. The maximum Gasteiger partial charge on any atom is 0.287 e. The highest BCUT2D eigenvalue weighted by Crippen LogP contribution is 2.20. The van der Waals surface area contributed by atoms with Gasteiger partial charge in [0, 0.05) is 0 Å². The predicted octanol–water partition coefficient (Wildman–Crippen LogP) is 3.03. The maximum atomic E-state index is 12.9. The molecule has 0 saturated heterocycles. The quantitative estimate of drug-likeness (QED) is 0.500. The first-order chi connectivity index (χ1) is 14.2. The molecule has 1 atom stereocenters. The van der Waals surface area contributed by atoms with Crippen molar-refractivity contribution in [1.82, 2.24) is 25.9 Å². The minimum absolute atomic E-state index is 0.103. The molecular formula is C20H16FN5O3.